The molecule has 3 amide bonds. The Labute approximate surface area is 202 Å². The molecule has 0 saturated carbocycles. The van der Waals surface area contributed by atoms with Crippen LogP contribution in [0.2, 0.25) is 0 Å². The maximum absolute atomic E-state index is 12.9. The van der Waals surface area contributed by atoms with Crippen molar-refractivity contribution in [2.75, 3.05) is 13.1 Å². The van der Waals surface area contributed by atoms with E-state index in [4.69, 9.17) is 4.74 Å². The van der Waals surface area contributed by atoms with Crippen molar-refractivity contribution in [3.05, 3.63) is 71.4 Å². The van der Waals surface area contributed by atoms with Gasteiger partial charge in [-0.1, -0.05) is 18.2 Å². The highest BCUT2D eigenvalue weighted by Crippen LogP contribution is 2.31. The van der Waals surface area contributed by atoms with Gasteiger partial charge in [0.2, 0.25) is 11.8 Å². The number of hydrogen-bond acceptors (Lipinski definition) is 6. The standard InChI is InChI=1S/C27H26N4O4/c32-25-8-7-24(26(33)29-25)31-15-18-13-19(5-6-22(18)27(31)34)35-20-10-12-30(16-20)14-17-9-11-28-23-4-2-1-3-21(17)23/h1-6,9,11,13,20,24H,7-8,10,12,14-16H2,(H,29,32,33)/t20-,24?/m1/s1. The number of aromatic nitrogens is 1. The number of ether oxygens (including phenoxy) is 1. The molecule has 2 aromatic carbocycles. The maximum Gasteiger partial charge on any atom is 0.255 e. The average molecular weight is 471 g/mol. The number of imide groups is 1. The van der Waals surface area contributed by atoms with Gasteiger partial charge in [-0.15, -0.1) is 0 Å². The van der Waals surface area contributed by atoms with Gasteiger partial charge in [-0.2, -0.15) is 0 Å². The van der Waals surface area contributed by atoms with Crippen molar-refractivity contribution < 1.29 is 19.1 Å². The molecule has 8 heteroatoms. The number of piperidine rings is 1. The molecule has 0 bridgehead atoms. The minimum atomic E-state index is -0.607. The van der Waals surface area contributed by atoms with Crippen molar-refractivity contribution in [3.63, 3.8) is 0 Å². The zero-order valence-electron chi connectivity index (χ0n) is 19.3. The molecule has 0 radical (unpaired) electrons. The number of fused-ring (bicyclic) bond motifs is 2. The molecular weight excluding hydrogens is 444 g/mol. The third-order valence-electron chi connectivity index (χ3n) is 7.16. The van der Waals surface area contributed by atoms with Crippen LogP contribution in [0, 0.1) is 0 Å². The van der Waals surface area contributed by atoms with Gasteiger partial charge in [0.25, 0.3) is 5.91 Å². The number of pyridine rings is 1. The summed E-state index contributed by atoms with van der Waals surface area (Å²) in [6.07, 6.45) is 3.48. The molecule has 2 atom stereocenters. The second-order valence-corrected chi connectivity index (χ2v) is 9.47. The third-order valence-corrected chi connectivity index (χ3v) is 7.16. The number of rotatable bonds is 5. The number of nitrogens with one attached hydrogen (secondary N) is 1. The first-order chi connectivity index (χ1) is 17.0. The highest BCUT2D eigenvalue weighted by atomic mass is 16.5. The van der Waals surface area contributed by atoms with E-state index in [1.165, 1.54) is 10.9 Å². The van der Waals surface area contributed by atoms with Crippen LogP contribution in [0.4, 0.5) is 0 Å². The van der Waals surface area contributed by atoms with Gasteiger partial charge in [-0.05, 0) is 54.3 Å². The highest BCUT2D eigenvalue weighted by molar-refractivity contribution is 6.05. The van der Waals surface area contributed by atoms with Crippen molar-refractivity contribution in [1.82, 2.24) is 20.1 Å². The minimum Gasteiger partial charge on any atom is -0.489 e. The van der Waals surface area contributed by atoms with Crippen molar-refractivity contribution >= 4 is 28.6 Å². The first kappa shape index (κ1) is 21.7. The molecule has 6 rings (SSSR count). The summed E-state index contributed by atoms with van der Waals surface area (Å²) in [4.78, 5) is 45.0. The molecular formula is C27H26N4O4. The normalized spacial score (nSPS) is 22.5. The lowest BCUT2D eigenvalue weighted by Crippen LogP contribution is -2.52. The summed E-state index contributed by atoms with van der Waals surface area (Å²) in [5.41, 5.74) is 3.73. The van der Waals surface area contributed by atoms with E-state index < -0.39 is 11.9 Å². The smallest absolute Gasteiger partial charge is 0.255 e. The predicted octanol–water partition coefficient (Wildman–Crippen LogP) is 2.65. The molecule has 1 N–H and O–H groups in total. The van der Waals surface area contributed by atoms with E-state index in [-0.39, 0.29) is 24.3 Å². The zero-order valence-corrected chi connectivity index (χ0v) is 19.3. The van der Waals surface area contributed by atoms with Crippen molar-refractivity contribution in [1.29, 1.82) is 0 Å². The second kappa shape index (κ2) is 8.78. The van der Waals surface area contributed by atoms with E-state index in [9.17, 15) is 14.4 Å². The molecule has 3 aliphatic heterocycles. The summed E-state index contributed by atoms with van der Waals surface area (Å²) in [5, 5.41) is 3.52. The molecule has 178 valence electrons. The third kappa shape index (κ3) is 4.14. The fourth-order valence-electron chi connectivity index (χ4n) is 5.39. The van der Waals surface area contributed by atoms with E-state index in [1.807, 2.05) is 36.5 Å². The van der Waals surface area contributed by atoms with Gasteiger partial charge >= 0.3 is 0 Å². The molecule has 2 fully saturated rings. The molecule has 35 heavy (non-hydrogen) atoms. The van der Waals surface area contributed by atoms with Gasteiger partial charge in [-0.25, -0.2) is 0 Å². The largest absolute Gasteiger partial charge is 0.489 e. The summed E-state index contributed by atoms with van der Waals surface area (Å²) in [7, 11) is 0. The molecule has 3 aliphatic rings. The fraction of sp³-hybridized carbons (Fsp3) is 0.333. The molecule has 1 unspecified atom stereocenters. The molecule has 8 nitrogen and oxygen atoms in total. The van der Waals surface area contributed by atoms with Gasteiger partial charge in [0, 0.05) is 49.7 Å². The van der Waals surface area contributed by atoms with Gasteiger partial charge in [0.05, 0.1) is 5.52 Å². The van der Waals surface area contributed by atoms with Crippen LogP contribution >= 0.6 is 0 Å². The van der Waals surface area contributed by atoms with E-state index >= 15 is 0 Å². The van der Waals surface area contributed by atoms with E-state index in [1.54, 1.807) is 11.0 Å². The van der Waals surface area contributed by atoms with Crippen LogP contribution < -0.4 is 10.1 Å². The van der Waals surface area contributed by atoms with Crippen LogP contribution in [0.25, 0.3) is 10.9 Å². The van der Waals surface area contributed by atoms with Crippen LogP contribution in [0.15, 0.2) is 54.7 Å². The van der Waals surface area contributed by atoms with Crippen molar-refractivity contribution in [3.8, 4) is 5.75 Å². The number of carbonyl (C=O) groups excluding carboxylic acids is 3. The Kier molecular flexibility index (Phi) is 5.45. The summed E-state index contributed by atoms with van der Waals surface area (Å²) in [6.45, 7) is 2.98. The summed E-state index contributed by atoms with van der Waals surface area (Å²) < 4.78 is 6.30. The van der Waals surface area contributed by atoms with Crippen molar-refractivity contribution in [2.45, 2.75) is 44.5 Å². The van der Waals surface area contributed by atoms with E-state index in [2.05, 4.69) is 27.3 Å². The molecule has 0 spiro atoms. The molecule has 0 aliphatic carbocycles. The Morgan fingerprint density at radius 3 is 2.83 bits per heavy atom. The van der Waals surface area contributed by atoms with E-state index in [0.717, 1.165) is 42.9 Å². The molecule has 3 aromatic rings. The average Bonchev–Trinajstić information content (AvgIpc) is 3.43. The van der Waals surface area contributed by atoms with Gasteiger partial charge in [0.15, 0.2) is 0 Å². The number of para-hydroxylation sites is 1. The Bertz CT molecular complexity index is 1330. The molecule has 1 aromatic heterocycles. The number of carbonyl (C=O) groups is 3. The lowest BCUT2D eigenvalue weighted by molar-refractivity contribution is -0.136. The van der Waals surface area contributed by atoms with Gasteiger partial charge in [0.1, 0.15) is 17.9 Å². The summed E-state index contributed by atoms with van der Waals surface area (Å²) in [6, 6.07) is 15.2. The van der Waals surface area contributed by atoms with Crippen LogP contribution in [0.1, 0.15) is 40.7 Å². The van der Waals surface area contributed by atoms with E-state index in [0.29, 0.717) is 18.5 Å². The fourth-order valence-corrected chi connectivity index (χ4v) is 5.39. The minimum absolute atomic E-state index is 0.0736. The Balaban J connectivity index is 1.10. The number of nitrogens with zero attached hydrogens (tertiary/aromatic N) is 3. The van der Waals surface area contributed by atoms with Crippen LogP contribution in [-0.2, 0) is 22.7 Å². The van der Waals surface area contributed by atoms with Crippen molar-refractivity contribution in [2.24, 2.45) is 0 Å². The van der Waals surface area contributed by atoms with Gasteiger partial charge < -0.3 is 9.64 Å². The number of benzene rings is 2. The topological polar surface area (TPSA) is 91.8 Å². The zero-order chi connectivity index (χ0) is 23.9. The number of amides is 3. The summed E-state index contributed by atoms with van der Waals surface area (Å²) >= 11 is 0. The molecule has 4 heterocycles. The summed E-state index contributed by atoms with van der Waals surface area (Å²) in [5.74, 6) is -0.110. The quantitative estimate of drug-likeness (QED) is 0.577. The van der Waals surface area contributed by atoms with Crippen LogP contribution in [0.3, 0.4) is 0 Å². The number of likely N-dealkylation sites (tertiary alicyclic amines) is 1. The Hall–Kier alpha value is -3.78. The van der Waals surface area contributed by atoms with Crippen LogP contribution in [-0.4, -0.2) is 57.7 Å². The highest BCUT2D eigenvalue weighted by Gasteiger charge is 2.39. The van der Waals surface area contributed by atoms with Gasteiger partial charge in [-0.3, -0.25) is 29.6 Å². The lowest BCUT2D eigenvalue weighted by Gasteiger charge is -2.29. The first-order valence-corrected chi connectivity index (χ1v) is 12.0. The monoisotopic (exact) mass is 470 g/mol. The number of hydrogen-bond donors (Lipinski definition) is 1. The lowest BCUT2D eigenvalue weighted by atomic mass is 10.0. The Morgan fingerprint density at radius 2 is 1.94 bits per heavy atom. The molecule has 2 saturated heterocycles. The maximum atomic E-state index is 12.9. The SMILES string of the molecule is O=C1CCC(N2Cc3cc(O[C@@H]4CCN(Cc5ccnc6ccccc56)C4)ccc3C2=O)C(=O)N1. The Morgan fingerprint density at radius 1 is 1.06 bits per heavy atom. The predicted molar refractivity (Wildman–Crippen MR) is 129 cm³/mol. The second-order valence-electron chi connectivity index (χ2n) is 9.47. The first-order valence-electron chi connectivity index (χ1n) is 12.0. The van der Waals surface area contributed by atoms with Crippen LogP contribution in [0.5, 0.6) is 5.75 Å².